The summed E-state index contributed by atoms with van der Waals surface area (Å²) in [5, 5.41) is 14.0. The monoisotopic (exact) mass is 432 g/mol. The van der Waals surface area contributed by atoms with Gasteiger partial charge in [-0.1, -0.05) is 30.0 Å². The molecule has 1 heterocycles. The number of aliphatic hydroxyl groups is 1. The lowest BCUT2D eigenvalue weighted by Crippen LogP contribution is -2.39. The lowest BCUT2D eigenvalue weighted by molar-refractivity contribution is 0.0910. The van der Waals surface area contributed by atoms with E-state index in [1.165, 1.54) is 0 Å². The van der Waals surface area contributed by atoms with Crippen LogP contribution in [0.5, 0.6) is 5.75 Å². The molecule has 2 aromatic carbocycles. The van der Waals surface area contributed by atoms with Crippen molar-refractivity contribution in [1.29, 1.82) is 0 Å². The first-order chi connectivity index (χ1) is 15.2. The van der Waals surface area contributed by atoms with E-state index in [4.69, 9.17) is 4.74 Å². The summed E-state index contributed by atoms with van der Waals surface area (Å²) < 4.78 is 5.87. The fourth-order valence-electron chi connectivity index (χ4n) is 3.39. The fraction of sp³-hybridized carbons (Fsp3) is 0.370. The number of benzene rings is 2. The summed E-state index contributed by atoms with van der Waals surface area (Å²) in [4.78, 5) is 16.4. The van der Waals surface area contributed by atoms with Gasteiger partial charge in [-0.2, -0.15) is 0 Å². The predicted octanol–water partition coefficient (Wildman–Crippen LogP) is 4.69. The fourth-order valence-corrected chi connectivity index (χ4v) is 3.39. The second-order valence-electron chi connectivity index (χ2n) is 9.29. The van der Waals surface area contributed by atoms with Gasteiger partial charge in [-0.3, -0.25) is 4.79 Å². The van der Waals surface area contributed by atoms with Gasteiger partial charge in [-0.15, -0.1) is 0 Å². The molecule has 0 fully saturated rings. The van der Waals surface area contributed by atoms with Crippen molar-refractivity contribution in [3.63, 3.8) is 0 Å². The van der Waals surface area contributed by atoms with Gasteiger partial charge in [0.15, 0.2) is 0 Å². The number of hydrogen-bond acceptors (Lipinski definition) is 3. The largest absolute Gasteiger partial charge is 0.490 e. The molecule has 32 heavy (non-hydrogen) atoms. The molecule has 3 aromatic rings. The van der Waals surface area contributed by atoms with Gasteiger partial charge in [0.25, 0.3) is 5.91 Å². The Labute approximate surface area is 190 Å². The van der Waals surface area contributed by atoms with Crippen LogP contribution in [0.25, 0.3) is 10.9 Å². The quantitative estimate of drug-likeness (QED) is 0.474. The Bertz CT molecular complexity index is 1140. The van der Waals surface area contributed by atoms with E-state index in [0.717, 1.165) is 22.0 Å². The number of carbonyl (C=O) groups is 1. The minimum atomic E-state index is -0.432. The molecule has 0 saturated carbocycles. The highest BCUT2D eigenvalue weighted by Crippen LogP contribution is 2.23. The number of hydrogen-bond donors (Lipinski definition) is 3. The molecule has 0 bridgehead atoms. The molecule has 0 aliphatic heterocycles. The van der Waals surface area contributed by atoms with E-state index in [9.17, 15) is 9.90 Å². The lowest BCUT2D eigenvalue weighted by atomic mass is 9.97. The molecule has 168 valence electrons. The molecule has 0 spiro atoms. The van der Waals surface area contributed by atoms with Crippen molar-refractivity contribution in [2.24, 2.45) is 5.41 Å². The summed E-state index contributed by atoms with van der Waals surface area (Å²) >= 11 is 0. The van der Waals surface area contributed by atoms with E-state index >= 15 is 0 Å². The second kappa shape index (κ2) is 9.93. The molecule has 1 amide bonds. The number of amides is 1. The number of H-pyrrole nitrogens is 1. The van der Waals surface area contributed by atoms with Crippen LogP contribution in [0.15, 0.2) is 48.7 Å². The summed E-state index contributed by atoms with van der Waals surface area (Å²) in [6, 6.07) is 13.0. The smallest absolute Gasteiger partial charge is 0.255 e. The third kappa shape index (κ3) is 6.15. The molecule has 0 aliphatic carbocycles. The minimum Gasteiger partial charge on any atom is -0.490 e. The van der Waals surface area contributed by atoms with E-state index in [-0.39, 0.29) is 24.0 Å². The zero-order chi connectivity index (χ0) is 23.3. The van der Waals surface area contributed by atoms with Crippen LogP contribution in [0.2, 0.25) is 0 Å². The van der Waals surface area contributed by atoms with E-state index < -0.39 is 6.04 Å². The Morgan fingerprint density at radius 1 is 1.19 bits per heavy atom. The second-order valence-corrected chi connectivity index (χ2v) is 9.29. The molecule has 1 unspecified atom stereocenters. The van der Waals surface area contributed by atoms with Gasteiger partial charge in [-0.25, -0.2) is 0 Å². The first-order valence-electron chi connectivity index (χ1n) is 11.0. The maximum atomic E-state index is 13.2. The number of ether oxygens (including phenoxy) is 1. The van der Waals surface area contributed by atoms with Crippen molar-refractivity contribution < 1.29 is 14.6 Å². The minimum absolute atomic E-state index is 0.0760. The number of aromatic amines is 1. The van der Waals surface area contributed by atoms with Gasteiger partial charge in [0.05, 0.1) is 24.3 Å². The summed E-state index contributed by atoms with van der Waals surface area (Å²) in [6.07, 6.45) is 2.36. The zero-order valence-electron chi connectivity index (χ0n) is 19.5. The maximum absolute atomic E-state index is 13.2. The Hall–Kier alpha value is -3.23. The summed E-state index contributed by atoms with van der Waals surface area (Å²) in [7, 11) is 0. The highest BCUT2D eigenvalue weighted by atomic mass is 16.5. The Morgan fingerprint density at radius 2 is 1.94 bits per heavy atom. The Balaban J connectivity index is 1.85. The van der Waals surface area contributed by atoms with Gasteiger partial charge < -0.3 is 20.1 Å². The van der Waals surface area contributed by atoms with Crippen LogP contribution >= 0.6 is 0 Å². The average Bonchev–Trinajstić information content (AvgIpc) is 3.14. The van der Waals surface area contributed by atoms with E-state index in [1.807, 2.05) is 71.1 Å². The van der Waals surface area contributed by atoms with E-state index in [0.29, 0.717) is 17.7 Å². The van der Waals surface area contributed by atoms with Crippen LogP contribution in [-0.4, -0.2) is 34.8 Å². The van der Waals surface area contributed by atoms with Crippen LogP contribution in [0.1, 0.15) is 56.1 Å². The number of carbonyl (C=O) groups excluding carboxylic acids is 1. The summed E-state index contributed by atoms with van der Waals surface area (Å²) in [6.45, 7) is 9.79. The number of para-hydroxylation sites is 1. The summed E-state index contributed by atoms with van der Waals surface area (Å²) in [5.74, 6) is 6.55. The van der Waals surface area contributed by atoms with Gasteiger partial charge in [0.1, 0.15) is 5.75 Å². The molecule has 0 radical (unpaired) electrons. The Kier molecular flexibility index (Phi) is 7.27. The van der Waals surface area contributed by atoms with Crippen molar-refractivity contribution in [3.05, 3.63) is 65.4 Å². The van der Waals surface area contributed by atoms with Gasteiger partial charge >= 0.3 is 0 Å². The van der Waals surface area contributed by atoms with Crippen molar-refractivity contribution >= 4 is 16.8 Å². The molecule has 5 nitrogen and oxygen atoms in total. The maximum Gasteiger partial charge on any atom is 0.255 e. The highest BCUT2D eigenvalue weighted by molar-refractivity contribution is 5.97. The SMILES string of the molecule is CC(C)Oc1ccc(C#CC(C)(C)C)cc1C(=O)NC(CO)Cc1c[nH]c2ccccc12. The third-order valence-electron chi connectivity index (χ3n) is 4.87. The average molecular weight is 433 g/mol. The molecule has 0 aliphatic rings. The van der Waals surface area contributed by atoms with Gasteiger partial charge in [0.2, 0.25) is 0 Å². The van der Waals surface area contributed by atoms with Crippen molar-refractivity contribution in [3.8, 4) is 17.6 Å². The number of nitrogens with one attached hydrogen (secondary N) is 2. The zero-order valence-corrected chi connectivity index (χ0v) is 19.5. The molecule has 5 heteroatoms. The first kappa shape index (κ1) is 23.4. The normalized spacial score (nSPS) is 12.3. The molecular formula is C27H32N2O3. The number of aliphatic hydroxyl groups excluding tert-OH is 1. The molecule has 1 aromatic heterocycles. The molecule has 1 atom stereocenters. The molecule has 0 saturated heterocycles. The summed E-state index contributed by atoms with van der Waals surface area (Å²) in [5.41, 5.74) is 3.10. The number of rotatable bonds is 7. The Morgan fingerprint density at radius 3 is 2.62 bits per heavy atom. The van der Waals surface area contributed by atoms with Gasteiger partial charge in [0, 0.05) is 28.1 Å². The molecular weight excluding hydrogens is 400 g/mol. The predicted molar refractivity (Wildman–Crippen MR) is 129 cm³/mol. The van der Waals surface area contributed by atoms with Crippen molar-refractivity contribution in [1.82, 2.24) is 10.3 Å². The van der Waals surface area contributed by atoms with E-state index in [2.05, 4.69) is 22.1 Å². The van der Waals surface area contributed by atoms with Crippen molar-refractivity contribution in [2.75, 3.05) is 6.61 Å². The number of aromatic nitrogens is 1. The highest BCUT2D eigenvalue weighted by Gasteiger charge is 2.19. The van der Waals surface area contributed by atoms with Crippen LogP contribution in [0.3, 0.4) is 0 Å². The lowest BCUT2D eigenvalue weighted by Gasteiger charge is -2.19. The number of fused-ring (bicyclic) bond motifs is 1. The van der Waals surface area contributed by atoms with Crippen molar-refractivity contribution in [2.45, 2.75) is 53.2 Å². The van der Waals surface area contributed by atoms with Crippen LogP contribution in [0, 0.1) is 17.3 Å². The third-order valence-corrected chi connectivity index (χ3v) is 4.87. The standard InChI is InChI=1S/C27H32N2O3/c1-18(2)32-25-11-10-19(12-13-27(3,4)5)14-23(25)26(31)29-21(17-30)15-20-16-28-24-9-7-6-8-22(20)24/h6-11,14,16,18,21,28,30H,15,17H2,1-5H3,(H,29,31). The van der Waals surface area contributed by atoms with E-state index in [1.54, 1.807) is 12.1 Å². The molecule has 3 rings (SSSR count). The van der Waals surface area contributed by atoms with Crippen LogP contribution in [0.4, 0.5) is 0 Å². The van der Waals surface area contributed by atoms with Gasteiger partial charge in [-0.05, 0) is 70.9 Å². The van der Waals surface area contributed by atoms with Crippen LogP contribution < -0.4 is 10.1 Å². The first-order valence-corrected chi connectivity index (χ1v) is 11.0. The molecule has 3 N–H and O–H groups in total. The topological polar surface area (TPSA) is 74.3 Å². The van der Waals surface area contributed by atoms with Crippen LogP contribution in [-0.2, 0) is 6.42 Å².